The predicted octanol–water partition coefficient (Wildman–Crippen LogP) is 8.73. The number of carboxylic acid groups (broad SMARTS) is 1. The highest BCUT2D eigenvalue weighted by Crippen LogP contribution is 2.34. The lowest BCUT2D eigenvalue weighted by Crippen LogP contribution is -2.35. The van der Waals surface area contributed by atoms with E-state index in [-0.39, 0.29) is 13.0 Å². The van der Waals surface area contributed by atoms with E-state index in [9.17, 15) is 14.7 Å². The molecule has 2 N–H and O–H groups in total. The van der Waals surface area contributed by atoms with E-state index in [0.29, 0.717) is 34.4 Å². The summed E-state index contributed by atoms with van der Waals surface area (Å²) in [7, 11) is 0. The lowest BCUT2D eigenvalue weighted by molar-refractivity contribution is -0.136. The number of alkyl carbamates (subject to hydrolysis) is 1. The van der Waals surface area contributed by atoms with Crippen LogP contribution in [0.1, 0.15) is 63.3 Å². The number of benzene rings is 4. The predicted molar refractivity (Wildman–Crippen MR) is 166 cm³/mol. The first-order valence-corrected chi connectivity index (χ1v) is 14.4. The van der Waals surface area contributed by atoms with Gasteiger partial charge in [0.1, 0.15) is 23.8 Å². The summed E-state index contributed by atoms with van der Waals surface area (Å²) < 4.78 is 27.9. The van der Waals surface area contributed by atoms with Gasteiger partial charge in [-0.2, -0.15) is 0 Å². The Labute approximate surface area is 252 Å². The fraction of sp³-hybridized carbons (Fsp3) is 0.278. The number of ether oxygens (including phenoxy) is 2. The molecule has 1 amide bonds. The summed E-state index contributed by atoms with van der Waals surface area (Å²) in [6.45, 7) is 7.50. The minimum Gasteiger partial charge on any atom is -0.489 e. The van der Waals surface area contributed by atoms with Crippen LogP contribution in [0.3, 0.4) is 0 Å². The summed E-state index contributed by atoms with van der Waals surface area (Å²) in [5, 5.41) is 12.2. The Morgan fingerprint density at radius 2 is 1.58 bits per heavy atom. The second-order valence-electron chi connectivity index (χ2n) is 11.4. The largest absolute Gasteiger partial charge is 0.489 e. The van der Waals surface area contributed by atoms with E-state index in [1.54, 1.807) is 63.2 Å². The maximum Gasteiger partial charge on any atom is 0.408 e. The SMILES string of the molecule is CCCC(NC(=O)OC(C)(C)C)c1cccc(-c2cc(COc3ccccc3CC(=O)O)cc(-c3ccccc3)c2)c1F. The zero-order valence-corrected chi connectivity index (χ0v) is 25.0. The molecule has 1 unspecified atom stereocenters. The molecule has 0 saturated carbocycles. The van der Waals surface area contributed by atoms with Crippen molar-refractivity contribution in [1.82, 2.24) is 5.32 Å². The van der Waals surface area contributed by atoms with Gasteiger partial charge in [0.05, 0.1) is 12.5 Å². The quantitative estimate of drug-likeness (QED) is 0.184. The fourth-order valence-electron chi connectivity index (χ4n) is 4.93. The van der Waals surface area contributed by atoms with E-state index < -0.39 is 29.5 Å². The van der Waals surface area contributed by atoms with Crippen molar-refractivity contribution in [1.29, 1.82) is 0 Å². The van der Waals surface area contributed by atoms with Crippen LogP contribution in [0.25, 0.3) is 22.3 Å². The maximum atomic E-state index is 16.3. The van der Waals surface area contributed by atoms with Gasteiger partial charge in [0.2, 0.25) is 0 Å². The van der Waals surface area contributed by atoms with Crippen molar-refractivity contribution in [2.24, 2.45) is 0 Å². The summed E-state index contributed by atoms with van der Waals surface area (Å²) >= 11 is 0. The number of hydrogen-bond donors (Lipinski definition) is 2. The average molecular weight is 584 g/mol. The molecular formula is C36H38FNO5. The number of amides is 1. The first kappa shape index (κ1) is 31.3. The van der Waals surface area contributed by atoms with Crippen molar-refractivity contribution in [3.63, 3.8) is 0 Å². The normalized spacial score (nSPS) is 11.9. The molecule has 7 heteroatoms. The number of nitrogens with one attached hydrogen (secondary N) is 1. The molecule has 0 fully saturated rings. The molecule has 0 aliphatic carbocycles. The van der Waals surface area contributed by atoms with Gasteiger partial charge in [0, 0.05) is 16.7 Å². The molecule has 0 saturated heterocycles. The highest BCUT2D eigenvalue weighted by Gasteiger charge is 2.24. The molecule has 0 aliphatic rings. The third-order valence-corrected chi connectivity index (χ3v) is 6.79. The van der Waals surface area contributed by atoms with Gasteiger partial charge in [0.25, 0.3) is 0 Å². The second-order valence-corrected chi connectivity index (χ2v) is 11.4. The minimum atomic E-state index is -0.942. The van der Waals surface area contributed by atoms with Crippen molar-refractivity contribution < 1.29 is 28.6 Å². The van der Waals surface area contributed by atoms with E-state index in [0.717, 1.165) is 23.1 Å². The first-order valence-electron chi connectivity index (χ1n) is 14.4. The Morgan fingerprint density at radius 1 is 0.884 bits per heavy atom. The lowest BCUT2D eigenvalue weighted by atomic mass is 9.93. The molecular weight excluding hydrogens is 545 g/mol. The van der Waals surface area contributed by atoms with E-state index in [1.165, 1.54) is 0 Å². The Kier molecular flexibility index (Phi) is 10.2. The third-order valence-electron chi connectivity index (χ3n) is 6.79. The Balaban J connectivity index is 1.72. The number of carbonyl (C=O) groups is 2. The summed E-state index contributed by atoms with van der Waals surface area (Å²) in [5.41, 5.74) is 3.99. The van der Waals surface area contributed by atoms with Crippen molar-refractivity contribution in [2.45, 2.75) is 65.2 Å². The number of carbonyl (C=O) groups excluding carboxylic acids is 1. The summed E-state index contributed by atoms with van der Waals surface area (Å²) in [4.78, 5) is 23.9. The first-order chi connectivity index (χ1) is 20.5. The Bertz CT molecular complexity index is 1560. The van der Waals surface area contributed by atoms with Crippen LogP contribution in [0, 0.1) is 5.82 Å². The van der Waals surface area contributed by atoms with E-state index in [2.05, 4.69) is 5.32 Å². The molecule has 0 aromatic heterocycles. The van der Waals surface area contributed by atoms with Crippen molar-refractivity contribution in [2.75, 3.05) is 0 Å². The van der Waals surface area contributed by atoms with E-state index in [4.69, 9.17) is 9.47 Å². The standard InChI is InChI=1S/C36H38FNO5/c1-5-12-31(38-35(41)43-36(2,3)4)30-17-11-16-29(34(30)37)28-20-24(19-27(21-28)25-13-7-6-8-14-25)23-42-32-18-10-9-15-26(32)22-33(39)40/h6-11,13-21,31H,5,12,22-23H2,1-4H3,(H,38,41)(H,39,40). The molecule has 4 rings (SSSR count). The third kappa shape index (κ3) is 8.67. The smallest absolute Gasteiger partial charge is 0.408 e. The maximum absolute atomic E-state index is 16.3. The van der Waals surface area contributed by atoms with Crippen LogP contribution in [-0.4, -0.2) is 22.8 Å². The van der Waals surface area contributed by atoms with Gasteiger partial charge in [-0.25, -0.2) is 9.18 Å². The summed E-state index contributed by atoms with van der Waals surface area (Å²) in [6.07, 6.45) is 0.529. The lowest BCUT2D eigenvalue weighted by Gasteiger charge is -2.24. The van der Waals surface area contributed by atoms with Crippen LogP contribution < -0.4 is 10.1 Å². The molecule has 0 aliphatic heterocycles. The zero-order chi connectivity index (χ0) is 31.0. The number of aliphatic carboxylic acids is 1. The van der Waals surface area contributed by atoms with Gasteiger partial charge in [-0.3, -0.25) is 4.79 Å². The molecule has 4 aromatic rings. The van der Waals surface area contributed by atoms with Gasteiger partial charge in [-0.15, -0.1) is 0 Å². The number of halogens is 1. The van der Waals surface area contributed by atoms with Crippen LogP contribution >= 0.6 is 0 Å². The second kappa shape index (κ2) is 14.0. The summed E-state index contributed by atoms with van der Waals surface area (Å²) in [5.74, 6) is -0.872. The van der Waals surface area contributed by atoms with Crippen LogP contribution in [0.4, 0.5) is 9.18 Å². The summed E-state index contributed by atoms with van der Waals surface area (Å²) in [6, 6.07) is 27.3. The van der Waals surface area contributed by atoms with Crippen molar-refractivity contribution in [3.8, 4) is 28.0 Å². The van der Waals surface area contributed by atoms with Gasteiger partial charge in [-0.05, 0) is 73.7 Å². The Morgan fingerprint density at radius 3 is 2.28 bits per heavy atom. The molecule has 43 heavy (non-hydrogen) atoms. The highest BCUT2D eigenvalue weighted by molar-refractivity contribution is 5.75. The van der Waals surface area contributed by atoms with E-state index >= 15 is 4.39 Å². The molecule has 0 radical (unpaired) electrons. The minimum absolute atomic E-state index is 0.153. The number of hydrogen-bond acceptors (Lipinski definition) is 4. The Hall–Kier alpha value is -4.65. The molecule has 1 atom stereocenters. The number of carboxylic acids is 1. The number of rotatable bonds is 11. The molecule has 4 aromatic carbocycles. The van der Waals surface area contributed by atoms with Gasteiger partial charge >= 0.3 is 12.1 Å². The van der Waals surface area contributed by atoms with E-state index in [1.807, 2.05) is 55.5 Å². The van der Waals surface area contributed by atoms with Crippen LogP contribution in [0.2, 0.25) is 0 Å². The molecule has 0 bridgehead atoms. The topological polar surface area (TPSA) is 84.9 Å². The molecule has 0 heterocycles. The molecule has 0 spiro atoms. The van der Waals surface area contributed by atoms with Crippen LogP contribution in [-0.2, 0) is 22.6 Å². The van der Waals surface area contributed by atoms with Crippen LogP contribution in [0.5, 0.6) is 5.75 Å². The molecule has 6 nitrogen and oxygen atoms in total. The van der Waals surface area contributed by atoms with Gasteiger partial charge in [-0.1, -0.05) is 80.1 Å². The van der Waals surface area contributed by atoms with Crippen molar-refractivity contribution >= 4 is 12.1 Å². The highest BCUT2D eigenvalue weighted by atomic mass is 19.1. The average Bonchev–Trinajstić information content (AvgIpc) is 2.96. The monoisotopic (exact) mass is 583 g/mol. The molecule has 224 valence electrons. The van der Waals surface area contributed by atoms with Gasteiger partial charge in [0.15, 0.2) is 0 Å². The van der Waals surface area contributed by atoms with Crippen LogP contribution in [0.15, 0.2) is 91.0 Å². The fourth-order valence-corrected chi connectivity index (χ4v) is 4.93. The van der Waals surface area contributed by atoms with Crippen molar-refractivity contribution in [3.05, 3.63) is 114 Å². The number of para-hydroxylation sites is 1. The van der Waals surface area contributed by atoms with Gasteiger partial charge < -0.3 is 19.9 Å². The zero-order valence-electron chi connectivity index (χ0n) is 25.0.